The predicted octanol–water partition coefficient (Wildman–Crippen LogP) is 2.23. The van der Waals surface area contributed by atoms with Crippen LogP contribution < -0.4 is 10.6 Å². The SMILES string of the molecule is CCCCOCCNC(=NC)NCC(C)(C)N1CCCCC1. The van der Waals surface area contributed by atoms with Crippen LogP contribution in [-0.4, -0.2) is 62.8 Å². The van der Waals surface area contributed by atoms with Crippen LogP contribution in [0, 0.1) is 0 Å². The quantitative estimate of drug-likeness (QED) is 0.389. The van der Waals surface area contributed by atoms with E-state index in [1.807, 2.05) is 7.05 Å². The molecular formula is C17H36N4O. The van der Waals surface area contributed by atoms with E-state index in [1.54, 1.807) is 0 Å². The summed E-state index contributed by atoms with van der Waals surface area (Å²) in [6.45, 7) is 12.5. The molecule has 5 heteroatoms. The molecule has 1 heterocycles. The second-order valence-electron chi connectivity index (χ2n) is 6.68. The highest BCUT2D eigenvalue weighted by atomic mass is 16.5. The zero-order chi connectivity index (χ0) is 16.3. The molecule has 2 N–H and O–H groups in total. The van der Waals surface area contributed by atoms with E-state index in [4.69, 9.17) is 4.74 Å². The molecule has 1 aliphatic rings. The van der Waals surface area contributed by atoms with E-state index in [0.717, 1.165) is 38.7 Å². The zero-order valence-electron chi connectivity index (χ0n) is 15.1. The molecule has 130 valence electrons. The van der Waals surface area contributed by atoms with Crippen molar-refractivity contribution in [1.82, 2.24) is 15.5 Å². The number of guanidine groups is 1. The number of unbranched alkanes of at least 4 members (excludes halogenated alkanes) is 1. The van der Waals surface area contributed by atoms with Gasteiger partial charge in [-0.3, -0.25) is 9.89 Å². The highest BCUT2D eigenvalue weighted by Crippen LogP contribution is 2.19. The summed E-state index contributed by atoms with van der Waals surface area (Å²) >= 11 is 0. The maximum absolute atomic E-state index is 5.56. The molecule has 5 nitrogen and oxygen atoms in total. The maximum atomic E-state index is 5.56. The van der Waals surface area contributed by atoms with Gasteiger partial charge in [-0.15, -0.1) is 0 Å². The van der Waals surface area contributed by atoms with E-state index >= 15 is 0 Å². The number of hydrogen-bond acceptors (Lipinski definition) is 3. The van der Waals surface area contributed by atoms with Crippen LogP contribution in [0.15, 0.2) is 4.99 Å². The Hall–Kier alpha value is -0.810. The molecule has 0 spiro atoms. The standard InChI is InChI=1S/C17H36N4O/c1-5-6-13-22-14-10-19-16(18-4)20-15-17(2,3)21-11-8-7-9-12-21/h5-15H2,1-4H3,(H2,18,19,20). The topological polar surface area (TPSA) is 48.9 Å². The van der Waals surface area contributed by atoms with Crippen molar-refractivity contribution in [1.29, 1.82) is 0 Å². The molecule has 1 fully saturated rings. The van der Waals surface area contributed by atoms with E-state index in [0.29, 0.717) is 0 Å². The second-order valence-corrected chi connectivity index (χ2v) is 6.68. The molecule has 0 saturated carbocycles. The molecule has 22 heavy (non-hydrogen) atoms. The number of piperidine rings is 1. The Bertz CT molecular complexity index is 312. The van der Waals surface area contributed by atoms with Gasteiger partial charge in [-0.2, -0.15) is 0 Å². The lowest BCUT2D eigenvalue weighted by atomic mass is 9.98. The number of nitrogens with one attached hydrogen (secondary N) is 2. The second kappa shape index (κ2) is 10.8. The summed E-state index contributed by atoms with van der Waals surface area (Å²) in [5, 5.41) is 6.77. The summed E-state index contributed by atoms with van der Waals surface area (Å²) in [5.41, 5.74) is 0.162. The van der Waals surface area contributed by atoms with Crippen molar-refractivity contribution in [2.24, 2.45) is 4.99 Å². The monoisotopic (exact) mass is 312 g/mol. The first-order chi connectivity index (χ1) is 10.6. The zero-order valence-corrected chi connectivity index (χ0v) is 15.1. The van der Waals surface area contributed by atoms with Gasteiger partial charge in [0.2, 0.25) is 0 Å². The Kier molecular flexibility index (Phi) is 9.48. The predicted molar refractivity (Wildman–Crippen MR) is 94.6 cm³/mol. The van der Waals surface area contributed by atoms with Crippen molar-refractivity contribution < 1.29 is 4.74 Å². The number of likely N-dealkylation sites (tertiary alicyclic amines) is 1. The largest absolute Gasteiger partial charge is 0.380 e. The first-order valence-corrected chi connectivity index (χ1v) is 8.87. The molecular weight excluding hydrogens is 276 g/mol. The summed E-state index contributed by atoms with van der Waals surface area (Å²) in [7, 11) is 1.82. The molecule has 1 rings (SSSR count). The normalized spacial score (nSPS) is 17.5. The Balaban J connectivity index is 2.22. The number of rotatable bonds is 9. The Morgan fingerprint density at radius 2 is 1.86 bits per heavy atom. The lowest BCUT2D eigenvalue weighted by molar-refractivity contribution is 0.0981. The van der Waals surface area contributed by atoms with Gasteiger partial charge < -0.3 is 15.4 Å². The lowest BCUT2D eigenvalue weighted by Gasteiger charge is -2.41. The van der Waals surface area contributed by atoms with Crippen molar-refractivity contribution in [3.8, 4) is 0 Å². The first-order valence-electron chi connectivity index (χ1n) is 8.87. The highest BCUT2D eigenvalue weighted by Gasteiger charge is 2.27. The Labute approximate surface area is 136 Å². The average molecular weight is 313 g/mol. The fraction of sp³-hybridized carbons (Fsp3) is 0.941. The summed E-state index contributed by atoms with van der Waals surface area (Å²) in [6, 6.07) is 0. The fourth-order valence-electron chi connectivity index (χ4n) is 2.72. The van der Waals surface area contributed by atoms with Crippen LogP contribution in [-0.2, 0) is 4.74 Å². The van der Waals surface area contributed by atoms with Crippen molar-refractivity contribution in [2.75, 3.05) is 46.4 Å². The number of ether oxygens (including phenoxy) is 1. The third kappa shape index (κ3) is 7.45. The number of hydrogen-bond donors (Lipinski definition) is 2. The van der Waals surface area contributed by atoms with Crippen LogP contribution in [0.5, 0.6) is 0 Å². The lowest BCUT2D eigenvalue weighted by Crippen LogP contribution is -2.55. The molecule has 0 aliphatic carbocycles. The smallest absolute Gasteiger partial charge is 0.191 e. The highest BCUT2D eigenvalue weighted by molar-refractivity contribution is 5.79. The van der Waals surface area contributed by atoms with Crippen molar-refractivity contribution in [3.05, 3.63) is 0 Å². The van der Waals surface area contributed by atoms with Gasteiger partial charge >= 0.3 is 0 Å². The first kappa shape index (κ1) is 19.2. The van der Waals surface area contributed by atoms with Crippen LogP contribution in [0.25, 0.3) is 0 Å². The maximum Gasteiger partial charge on any atom is 0.191 e. The summed E-state index contributed by atoms with van der Waals surface area (Å²) in [6.07, 6.45) is 6.34. The minimum Gasteiger partial charge on any atom is -0.380 e. The van der Waals surface area contributed by atoms with E-state index in [9.17, 15) is 0 Å². The Morgan fingerprint density at radius 3 is 2.50 bits per heavy atom. The van der Waals surface area contributed by atoms with Crippen molar-refractivity contribution >= 4 is 5.96 Å². The summed E-state index contributed by atoms with van der Waals surface area (Å²) in [4.78, 5) is 6.88. The molecule has 0 radical (unpaired) electrons. The van der Waals surface area contributed by atoms with Crippen molar-refractivity contribution in [2.45, 2.75) is 58.4 Å². The molecule has 0 bridgehead atoms. The average Bonchev–Trinajstić information content (AvgIpc) is 2.54. The van der Waals surface area contributed by atoms with Gasteiger partial charge in [0.05, 0.1) is 6.61 Å². The van der Waals surface area contributed by atoms with Crippen LogP contribution in [0.4, 0.5) is 0 Å². The third-order valence-corrected chi connectivity index (χ3v) is 4.31. The molecule has 0 atom stereocenters. The summed E-state index contributed by atoms with van der Waals surface area (Å²) < 4.78 is 5.56. The minimum atomic E-state index is 0.162. The van der Waals surface area contributed by atoms with Crippen molar-refractivity contribution in [3.63, 3.8) is 0 Å². The van der Waals surface area contributed by atoms with Gasteiger partial charge in [-0.1, -0.05) is 19.8 Å². The van der Waals surface area contributed by atoms with E-state index in [2.05, 4.69) is 41.3 Å². The molecule has 0 aromatic heterocycles. The minimum absolute atomic E-state index is 0.162. The van der Waals surface area contributed by atoms with Gasteiger partial charge in [-0.05, 0) is 46.2 Å². The van der Waals surface area contributed by atoms with E-state index in [1.165, 1.54) is 38.8 Å². The Morgan fingerprint density at radius 1 is 1.14 bits per heavy atom. The number of aliphatic imine (C=N–C) groups is 1. The molecule has 0 unspecified atom stereocenters. The van der Waals surface area contributed by atoms with Gasteiger partial charge in [0, 0.05) is 32.3 Å². The van der Waals surface area contributed by atoms with Crippen LogP contribution in [0.1, 0.15) is 52.9 Å². The molecule has 0 amide bonds. The van der Waals surface area contributed by atoms with E-state index < -0.39 is 0 Å². The molecule has 1 saturated heterocycles. The third-order valence-electron chi connectivity index (χ3n) is 4.31. The van der Waals surface area contributed by atoms with Gasteiger partial charge in [0.25, 0.3) is 0 Å². The van der Waals surface area contributed by atoms with Gasteiger partial charge in [-0.25, -0.2) is 0 Å². The fourth-order valence-corrected chi connectivity index (χ4v) is 2.72. The summed E-state index contributed by atoms with van der Waals surface area (Å²) in [5.74, 6) is 0.865. The van der Waals surface area contributed by atoms with Gasteiger partial charge in [0.15, 0.2) is 5.96 Å². The van der Waals surface area contributed by atoms with Crippen LogP contribution in [0.3, 0.4) is 0 Å². The molecule has 0 aromatic rings. The van der Waals surface area contributed by atoms with E-state index in [-0.39, 0.29) is 5.54 Å². The number of nitrogens with zero attached hydrogens (tertiary/aromatic N) is 2. The van der Waals surface area contributed by atoms with Crippen LogP contribution in [0.2, 0.25) is 0 Å². The van der Waals surface area contributed by atoms with Crippen LogP contribution >= 0.6 is 0 Å². The molecule has 0 aromatic carbocycles. The molecule has 1 aliphatic heterocycles. The van der Waals surface area contributed by atoms with Gasteiger partial charge in [0.1, 0.15) is 0 Å².